The van der Waals surface area contributed by atoms with Gasteiger partial charge in [0.15, 0.2) is 0 Å². The molecule has 88 valence electrons. The molecule has 0 aromatic heterocycles. The minimum atomic E-state index is -0.724. The van der Waals surface area contributed by atoms with Crippen LogP contribution in [0.5, 0.6) is 0 Å². The number of nitrogens with zero attached hydrogens (tertiary/aromatic N) is 1. The van der Waals surface area contributed by atoms with Gasteiger partial charge in [-0.15, -0.1) is 0 Å². The van der Waals surface area contributed by atoms with Gasteiger partial charge in [-0.2, -0.15) is 0 Å². The monoisotopic (exact) mass is 215 g/mol. The molecule has 1 N–H and O–H groups in total. The fourth-order valence-electron chi connectivity index (χ4n) is 2.26. The molecule has 0 aromatic rings. The molecule has 1 fully saturated rings. The highest BCUT2D eigenvalue weighted by Gasteiger charge is 2.34. The summed E-state index contributed by atoms with van der Waals surface area (Å²) in [5.41, 5.74) is 0. The lowest BCUT2D eigenvalue weighted by Gasteiger charge is -2.31. The van der Waals surface area contributed by atoms with Crippen LogP contribution in [0.3, 0.4) is 0 Å². The molecular weight excluding hydrogens is 194 g/mol. The Morgan fingerprint density at radius 2 is 2.33 bits per heavy atom. The summed E-state index contributed by atoms with van der Waals surface area (Å²) < 4.78 is 5.46. The molecule has 15 heavy (non-hydrogen) atoms. The van der Waals surface area contributed by atoms with Crippen LogP contribution in [0.2, 0.25) is 0 Å². The number of carboxylic acids is 1. The zero-order chi connectivity index (χ0) is 11.4. The highest BCUT2D eigenvalue weighted by Crippen LogP contribution is 2.21. The molecule has 0 aliphatic carbocycles. The normalized spacial score (nSPS) is 28.3. The Morgan fingerprint density at radius 3 is 2.73 bits per heavy atom. The molecule has 0 bridgehead atoms. The molecule has 3 atom stereocenters. The van der Waals surface area contributed by atoms with Crippen molar-refractivity contribution in [2.45, 2.75) is 51.3 Å². The molecular formula is C11H21NO3. The molecule has 3 unspecified atom stereocenters. The van der Waals surface area contributed by atoms with Crippen LogP contribution in [-0.4, -0.2) is 47.8 Å². The van der Waals surface area contributed by atoms with Crippen molar-refractivity contribution in [1.29, 1.82) is 0 Å². The van der Waals surface area contributed by atoms with Gasteiger partial charge in [0.05, 0.1) is 6.10 Å². The van der Waals surface area contributed by atoms with E-state index in [1.54, 1.807) is 0 Å². The molecule has 0 aromatic carbocycles. The first kappa shape index (κ1) is 12.5. The Labute approximate surface area is 91.2 Å². The predicted octanol–water partition coefficient (Wildman–Crippen LogP) is 1.35. The average molecular weight is 215 g/mol. The van der Waals surface area contributed by atoms with Crippen molar-refractivity contribution in [3.63, 3.8) is 0 Å². The van der Waals surface area contributed by atoms with Gasteiger partial charge in [0.2, 0.25) is 0 Å². The van der Waals surface area contributed by atoms with Gasteiger partial charge < -0.3 is 9.84 Å². The van der Waals surface area contributed by atoms with Crippen molar-refractivity contribution in [2.24, 2.45) is 0 Å². The van der Waals surface area contributed by atoms with E-state index < -0.39 is 5.97 Å². The Balaban J connectivity index is 2.62. The summed E-state index contributed by atoms with van der Waals surface area (Å²) in [5.74, 6) is -0.724. The van der Waals surface area contributed by atoms with Crippen molar-refractivity contribution in [3.8, 4) is 0 Å². The molecule has 0 radical (unpaired) electrons. The summed E-state index contributed by atoms with van der Waals surface area (Å²) in [6, 6.07) is -0.123. The smallest absolute Gasteiger partial charge is 0.320 e. The predicted molar refractivity (Wildman–Crippen MR) is 57.9 cm³/mol. The van der Waals surface area contributed by atoms with E-state index in [9.17, 15) is 4.79 Å². The second-order valence-corrected chi connectivity index (χ2v) is 4.24. The third-order valence-corrected chi connectivity index (χ3v) is 3.20. The lowest BCUT2D eigenvalue weighted by molar-refractivity contribution is -0.144. The van der Waals surface area contributed by atoms with Gasteiger partial charge in [-0.3, -0.25) is 9.69 Å². The van der Waals surface area contributed by atoms with Crippen LogP contribution in [0, 0.1) is 0 Å². The molecule has 0 spiro atoms. The number of ether oxygens (including phenoxy) is 1. The molecule has 0 amide bonds. The van der Waals surface area contributed by atoms with Gasteiger partial charge in [-0.1, -0.05) is 13.3 Å². The zero-order valence-corrected chi connectivity index (χ0v) is 9.77. The fourth-order valence-corrected chi connectivity index (χ4v) is 2.26. The maximum atomic E-state index is 11.1. The quantitative estimate of drug-likeness (QED) is 0.752. The number of likely N-dealkylation sites (N-methyl/N-ethyl adjacent to an activating group) is 1. The number of carboxylic acid groups (broad SMARTS) is 1. The van der Waals surface area contributed by atoms with E-state index in [2.05, 4.69) is 0 Å². The van der Waals surface area contributed by atoms with Gasteiger partial charge in [0.1, 0.15) is 6.04 Å². The van der Waals surface area contributed by atoms with Crippen LogP contribution in [0.15, 0.2) is 0 Å². The van der Waals surface area contributed by atoms with E-state index >= 15 is 0 Å². The van der Waals surface area contributed by atoms with Crippen molar-refractivity contribution < 1.29 is 14.6 Å². The van der Waals surface area contributed by atoms with E-state index in [1.807, 2.05) is 25.8 Å². The van der Waals surface area contributed by atoms with Crippen LogP contribution < -0.4 is 0 Å². The minimum Gasteiger partial charge on any atom is -0.480 e. The maximum absolute atomic E-state index is 11.1. The summed E-state index contributed by atoms with van der Waals surface area (Å²) in [6.07, 6.45) is 2.68. The number of carbonyl (C=O) groups is 1. The maximum Gasteiger partial charge on any atom is 0.320 e. The Kier molecular flexibility index (Phi) is 4.54. The zero-order valence-electron chi connectivity index (χ0n) is 9.77. The first-order chi connectivity index (χ1) is 7.07. The second-order valence-electron chi connectivity index (χ2n) is 4.24. The standard InChI is InChI=1S/C11H21NO3/c1-4-5-10(11(13)14)12(3)9-6-7-15-8(9)2/h8-10H,4-7H2,1-3H3,(H,13,14). The van der Waals surface area contributed by atoms with E-state index in [1.165, 1.54) is 0 Å². The first-order valence-corrected chi connectivity index (χ1v) is 5.64. The molecule has 4 heteroatoms. The molecule has 1 heterocycles. The summed E-state index contributed by atoms with van der Waals surface area (Å²) in [5, 5.41) is 9.14. The van der Waals surface area contributed by atoms with Crippen LogP contribution in [0.1, 0.15) is 33.1 Å². The van der Waals surface area contributed by atoms with Crippen LogP contribution in [0.4, 0.5) is 0 Å². The number of hydrogen-bond donors (Lipinski definition) is 1. The Bertz CT molecular complexity index is 220. The topological polar surface area (TPSA) is 49.8 Å². The number of hydrogen-bond acceptors (Lipinski definition) is 3. The molecule has 1 rings (SSSR count). The summed E-state index contributed by atoms with van der Waals surface area (Å²) in [4.78, 5) is 13.1. The average Bonchev–Trinajstić information content (AvgIpc) is 2.59. The van der Waals surface area contributed by atoms with Gasteiger partial charge in [0, 0.05) is 12.6 Å². The minimum absolute atomic E-state index is 0.147. The van der Waals surface area contributed by atoms with E-state index in [-0.39, 0.29) is 18.2 Å². The van der Waals surface area contributed by atoms with E-state index in [4.69, 9.17) is 9.84 Å². The van der Waals surface area contributed by atoms with Crippen molar-refractivity contribution in [1.82, 2.24) is 4.90 Å². The molecule has 1 aliphatic rings. The van der Waals surface area contributed by atoms with Crippen molar-refractivity contribution in [3.05, 3.63) is 0 Å². The Morgan fingerprint density at radius 1 is 1.67 bits per heavy atom. The third-order valence-electron chi connectivity index (χ3n) is 3.20. The second kappa shape index (κ2) is 5.47. The molecule has 0 saturated carbocycles. The number of aliphatic carboxylic acids is 1. The largest absolute Gasteiger partial charge is 0.480 e. The lowest BCUT2D eigenvalue weighted by Crippen LogP contribution is -2.47. The van der Waals surface area contributed by atoms with E-state index in [0.29, 0.717) is 6.42 Å². The Hall–Kier alpha value is -0.610. The van der Waals surface area contributed by atoms with Gasteiger partial charge >= 0.3 is 5.97 Å². The van der Waals surface area contributed by atoms with Crippen LogP contribution in [-0.2, 0) is 9.53 Å². The van der Waals surface area contributed by atoms with Gasteiger partial charge in [-0.05, 0) is 26.8 Å². The summed E-state index contributed by atoms with van der Waals surface area (Å²) in [7, 11) is 1.89. The van der Waals surface area contributed by atoms with Gasteiger partial charge in [0.25, 0.3) is 0 Å². The van der Waals surface area contributed by atoms with Crippen molar-refractivity contribution in [2.75, 3.05) is 13.7 Å². The molecule has 1 aliphatic heterocycles. The van der Waals surface area contributed by atoms with Crippen LogP contribution >= 0.6 is 0 Å². The third kappa shape index (κ3) is 2.92. The molecule has 1 saturated heterocycles. The van der Waals surface area contributed by atoms with Crippen molar-refractivity contribution >= 4 is 5.97 Å². The van der Waals surface area contributed by atoms with Crippen LogP contribution in [0.25, 0.3) is 0 Å². The highest BCUT2D eigenvalue weighted by molar-refractivity contribution is 5.73. The summed E-state index contributed by atoms with van der Waals surface area (Å²) >= 11 is 0. The summed E-state index contributed by atoms with van der Waals surface area (Å²) in [6.45, 7) is 4.77. The first-order valence-electron chi connectivity index (χ1n) is 5.64. The van der Waals surface area contributed by atoms with E-state index in [0.717, 1.165) is 19.4 Å². The fraction of sp³-hybridized carbons (Fsp3) is 0.909. The molecule has 4 nitrogen and oxygen atoms in total. The van der Waals surface area contributed by atoms with Gasteiger partial charge in [-0.25, -0.2) is 0 Å². The highest BCUT2D eigenvalue weighted by atomic mass is 16.5. The number of rotatable bonds is 5. The SMILES string of the molecule is CCCC(C(=O)O)N(C)C1CCOC1C. The lowest BCUT2D eigenvalue weighted by atomic mass is 10.0.